The molecule has 0 aromatic heterocycles. The first-order chi connectivity index (χ1) is 21.1. The van der Waals surface area contributed by atoms with Crippen LogP contribution >= 0.6 is 0 Å². The number of nitrogens with zero attached hydrogens (tertiary/aromatic N) is 1. The minimum Gasteiger partial charge on any atom is -0.508 e. The van der Waals surface area contributed by atoms with Gasteiger partial charge in [-0.25, -0.2) is 4.79 Å². The molecule has 1 aromatic carbocycles. The second kappa shape index (κ2) is 15.6. The lowest BCUT2D eigenvalue weighted by molar-refractivity contribution is -0.143. The van der Waals surface area contributed by atoms with E-state index < -0.39 is 52.7 Å². The van der Waals surface area contributed by atoms with Crippen molar-refractivity contribution >= 4 is 29.5 Å². The van der Waals surface area contributed by atoms with Crippen molar-refractivity contribution in [3.63, 3.8) is 0 Å². The normalized spacial score (nSPS) is 19.5. The van der Waals surface area contributed by atoms with Crippen molar-refractivity contribution in [1.29, 1.82) is 0 Å². The fourth-order valence-corrected chi connectivity index (χ4v) is 6.37. The Hall–Kier alpha value is -3.63. The van der Waals surface area contributed by atoms with Gasteiger partial charge in [0.2, 0.25) is 17.6 Å². The minimum absolute atomic E-state index is 0.156. The lowest BCUT2D eigenvalue weighted by Gasteiger charge is -2.37. The highest BCUT2D eigenvalue weighted by molar-refractivity contribution is 6.37. The van der Waals surface area contributed by atoms with Gasteiger partial charge in [0.25, 0.3) is 5.91 Å². The minimum atomic E-state index is -1.09. The number of amides is 5. The Labute approximate surface area is 267 Å². The number of phenols is 1. The van der Waals surface area contributed by atoms with Gasteiger partial charge in [0.15, 0.2) is 0 Å². The average Bonchev–Trinajstić information content (AvgIpc) is 3.42. The smallest absolute Gasteiger partial charge is 0.315 e. The van der Waals surface area contributed by atoms with E-state index >= 15 is 0 Å². The first-order valence-corrected chi connectivity index (χ1v) is 16.4. The molecule has 1 heterocycles. The SMILES string of the molecule is CCCCCC(C)(Cc1cccc(O)c1)NC(=O)NC(C(=O)N1CCC[C@H]1C(=O)NC(CC1CCC1)C(=O)C(N)=O)C(C)(C)C. The Bertz CT molecular complexity index is 1230. The fraction of sp³-hybridized carbons (Fsp3) is 0.676. The predicted molar refractivity (Wildman–Crippen MR) is 172 cm³/mol. The highest BCUT2D eigenvalue weighted by Crippen LogP contribution is 2.31. The number of hydrogen-bond donors (Lipinski definition) is 5. The Morgan fingerprint density at radius 3 is 2.31 bits per heavy atom. The molecule has 4 atom stereocenters. The predicted octanol–water partition coefficient (Wildman–Crippen LogP) is 3.71. The molecule has 45 heavy (non-hydrogen) atoms. The first kappa shape index (κ1) is 35.8. The van der Waals surface area contributed by atoms with Gasteiger partial charge >= 0.3 is 6.03 Å². The Morgan fingerprint density at radius 1 is 1.02 bits per heavy atom. The van der Waals surface area contributed by atoms with E-state index in [1.807, 2.05) is 33.8 Å². The van der Waals surface area contributed by atoms with Crippen molar-refractivity contribution in [2.24, 2.45) is 17.1 Å². The molecule has 3 rings (SSSR count). The van der Waals surface area contributed by atoms with Gasteiger partial charge in [0.05, 0.1) is 6.04 Å². The molecule has 0 spiro atoms. The Kier molecular flexibility index (Phi) is 12.4. The highest BCUT2D eigenvalue weighted by Gasteiger charge is 2.43. The van der Waals surface area contributed by atoms with E-state index in [0.29, 0.717) is 38.6 Å². The number of aromatic hydroxyl groups is 1. The summed E-state index contributed by atoms with van der Waals surface area (Å²) < 4.78 is 0. The van der Waals surface area contributed by atoms with Gasteiger partial charge in [-0.15, -0.1) is 0 Å². The number of Topliss-reactive ketones (excluding diaryl/α,β-unsaturated/α-hetero) is 1. The maximum atomic E-state index is 14.0. The lowest BCUT2D eigenvalue weighted by atomic mass is 9.80. The number of carbonyl (C=O) groups excluding carboxylic acids is 5. The van der Waals surface area contributed by atoms with Crippen LogP contribution in [-0.4, -0.2) is 69.8 Å². The summed E-state index contributed by atoms with van der Waals surface area (Å²) in [5, 5.41) is 18.7. The second-order valence-corrected chi connectivity index (χ2v) is 14.3. The Morgan fingerprint density at radius 2 is 1.73 bits per heavy atom. The van der Waals surface area contributed by atoms with Crippen molar-refractivity contribution in [3.05, 3.63) is 29.8 Å². The van der Waals surface area contributed by atoms with Crippen molar-refractivity contribution < 1.29 is 29.1 Å². The zero-order valence-corrected chi connectivity index (χ0v) is 27.6. The maximum Gasteiger partial charge on any atom is 0.315 e. The number of nitrogens with two attached hydrogens (primary N) is 1. The summed E-state index contributed by atoms with van der Waals surface area (Å²) in [6.07, 6.45) is 8.38. The van der Waals surface area contributed by atoms with Crippen LogP contribution in [0.1, 0.15) is 104 Å². The standard InChI is InChI=1S/C34H53N5O6/c1-6-7-8-17-34(5,21-23-14-10-15-24(40)19-23)38-32(45)37-28(33(2,3)4)31(44)39-18-11-16-26(39)30(43)36-25(27(41)29(35)42)20-22-12-9-13-22/h10,14-15,19,22,25-26,28,40H,6-9,11-13,16-18,20-21H2,1-5H3,(H2,35,42)(H,36,43)(H2,37,38,45)/t25?,26-,28?,34?/m0/s1. The molecule has 2 aliphatic rings. The number of nitrogens with one attached hydrogen (secondary N) is 3. The summed E-state index contributed by atoms with van der Waals surface area (Å²) in [5.41, 5.74) is 4.83. The third-order valence-corrected chi connectivity index (χ3v) is 9.15. The molecule has 1 aliphatic carbocycles. The number of benzene rings is 1. The van der Waals surface area contributed by atoms with Crippen LogP contribution in [0.15, 0.2) is 24.3 Å². The molecule has 5 amide bonds. The molecule has 6 N–H and O–H groups in total. The van der Waals surface area contributed by atoms with E-state index in [9.17, 15) is 29.1 Å². The number of primary amides is 1. The second-order valence-electron chi connectivity index (χ2n) is 14.3. The summed E-state index contributed by atoms with van der Waals surface area (Å²) in [6.45, 7) is 9.98. The summed E-state index contributed by atoms with van der Waals surface area (Å²) in [6, 6.07) is 3.69. The summed E-state index contributed by atoms with van der Waals surface area (Å²) in [5.74, 6) is -2.39. The number of carbonyl (C=O) groups is 5. The van der Waals surface area contributed by atoms with Crippen molar-refractivity contribution in [1.82, 2.24) is 20.9 Å². The fourth-order valence-electron chi connectivity index (χ4n) is 6.37. The van der Waals surface area contributed by atoms with E-state index in [-0.39, 0.29) is 17.6 Å². The van der Waals surface area contributed by atoms with Crippen LogP contribution in [0.4, 0.5) is 4.79 Å². The molecule has 1 saturated heterocycles. The monoisotopic (exact) mass is 627 g/mol. The van der Waals surface area contributed by atoms with Crippen LogP contribution in [0.2, 0.25) is 0 Å². The van der Waals surface area contributed by atoms with Crippen LogP contribution in [0, 0.1) is 11.3 Å². The van der Waals surface area contributed by atoms with Gasteiger partial charge in [0.1, 0.15) is 17.8 Å². The third kappa shape index (κ3) is 10.2. The van der Waals surface area contributed by atoms with Crippen LogP contribution in [0.5, 0.6) is 5.75 Å². The van der Waals surface area contributed by atoms with Crippen LogP contribution in [0.25, 0.3) is 0 Å². The molecular weight excluding hydrogens is 574 g/mol. The van der Waals surface area contributed by atoms with Gasteiger partial charge in [-0.05, 0) is 68.1 Å². The molecule has 2 fully saturated rings. The van der Waals surface area contributed by atoms with Crippen LogP contribution in [-0.2, 0) is 25.6 Å². The number of hydrogen-bond acceptors (Lipinski definition) is 6. The maximum absolute atomic E-state index is 14.0. The highest BCUT2D eigenvalue weighted by atomic mass is 16.3. The number of ketones is 1. The molecule has 11 heteroatoms. The molecule has 1 aromatic rings. The topological polar surface area (TPSA) is 171 Å². The summed E-state index contributed by atoms with van der Waals surface area (Å²) in [4.78, 5) is 66.8. The first-order valence-electron chi connectivity index (χ1n) is 16.4. The summed E-state index contributed by atoms with van der Waals surface area (Å²) in [7, 11) is 0. The van der Waals surface area contributed by atoms with Crippen molar-refractivity contribution in [2.75, 3.05) is 6.54 Å². The van der Waals surface area contributed by atoms with Gasteiger partial charge in [0, 0.05) is 12.1 Å². The van der Waals surface area contributed by atoms with Crippen molar-refractivity contribution in [2.45, 2.75) is 129 Å². The van der Waals surface area contributed by atoms with Crippen LogP contribution in [0.3, 0.4) is 0 Å². The number of likely N-dealkylation sites (tertiary alicyclic amines) is 1. The quantitative estimate of drug-likeness (QED) is 0.147. The van der Waals surface area contributed by atoms with Gasteiger partial charge < -0.3 is 31.7 Å². The van der Waals surface area contributed by atoms with Gasteiger partial charge in [-0.3, -0.25) is 19.2 Å². The lowest BCUT2D eigenvalue weighted by Crippen LogP contribution is -2.62. The molecule has 0 radical (unpaired) electrons. The molecule has 1 aliphatic heterocycles. The van der Waals surface area contributed by atoms with Crippen molar-refractivity contribution in [3.8, 4) is 5.75 Å². The number of unbranched alkanes of at least 4 members (excludes halogenated alkanes) is 2. The average molecular weight is 628 g/mol. The molecular formula is C34H53N5O6. The van der Waals surface area contributed by atoms with E-state index in [2.05, 4.69) is 22.9 Å². The number of phenolic OH excluding ortho intramolecular Hbond substituents is 1. The number of rotatable bonds is 15. The molecule has 1 saturated carbocycles. The zero-order valence-electron chi connectivity index (χ0n) is 27.6. The molecule has 0 bridgehead atoms. The van der Waals surface area contributed by atoms with Crippen LogP contribution < -0.4 is 21.7 Å². The largest absolute Gasteiger partial charge is 0.508 e. The number of urea groups is 1. The summed E-state index contributed by atoms with van der Waals surface area (Å²) >= 11 is 0. The third-order valence-electron chi connectivity index (χ3n) is 9.15. The molecule has 250 valence electrons. The van der Waals surface area contributed by atoms with E-state index in [4.69, 9.17) is 5.73 Å². The van der Waals surface area contributed by atoms with E-state index in [1.165, 1.54) is 4.90 Å². The van der Waals surface area contributed by atoms with E-state index in [0.717, 1.165) is 44.1 Å². The van der Waals surface area contributed by atoms with E-state index in [1.54, 1.807) is 18.2 Å². The molecule has 3 unspecified atom stereocenters. The molecule has 11 nitrogen and oxygen atoms in total. The Balaban J connectivity index is 1.74. The van der Waals surface area contributed by atoms with Gasteiger partial charge in [-0.2, -0.15) is 0 Å². The van der Waals surface area contributed by atoms with Gasteiger partial charge in [-0.1, -0.05) is 78.4 Å². The zero-order chi connectivity index (χ0) is 33.4.